The van der Waals surface area contributed by atoms with Crippen LogP contribution in [-0.4, -0.2) is 42.8 Å². The first-order chi connectivity index (χ1) is 17.0. The summed E-state index contributed by atoms with van der Waals surface area (Å²) in [5.41, 5.74) is 7.00. The number of ether oxygens (including phenoxy) is 3. The van der Waals surface area contributed by atoms with Gasteiger partial charge in [-0.2, -0.15) is 0 Å². The molecule has 0 saturated heterocycles. The van der Waals surface area contributed by atoms with E-state index in [4.69, 9.17) is 30.0 Å². The molecular formula is C27H27BrN2O5. The lowest BCUT2D eigenvalue weighted by atomic mass is 9.82. The van der Waals surface area contributed by atoms with Gasteiger partial charge in [-0.15, -0.1) is 0 Å². The molecule has 1 aliphatic rings. The number of aliphatic imine (C=N–C) groups is 1. The van der Waals surface area contributed by atoms with Gasteiger partial charge in [0, 0.05) is 29.5 Å². The zero-order valence-electron chi connectivity index (χ0n) is 19.3. The topological polar surface area (TPSA) is 103 Å². The Labute approximate surface area is 212 Å². The van der Waals surface area contributed by atoms with Gasteiger partial charge >= 0.3 is 0 Å². The lowest BCUT2D eigenvalue weighted by Gasteiger charge is -2.29. The van der Waals surface area contributed by atoms with Gasteiger partial charge in [-0.1, -0.05) is 46.3 Å². The highest BCUT2D eigenvalue weighted by Gasteiger charge is 2.52. The molecular weight excluding hydrogens is 512 g/mol. The number of primary amides is 1. The second-order valence-corrected chi connectivity index (χ2v) is 9.05. The van der Waals surface area contributed by atoms with Crippen molar-refractivity contribution in [2.24, 2.45) is 10.7 Å². The van der Waals surface area contributed by atoms with Crippen molar-refractivity contribution in [2.75, 3.05) is 20.3 Å². The largest absolute Gasteiger partial charge is 0.497 e. The normalized spacial score (nSPS) is 19.1. The Morgan fingerprint density at radius 2 is 1.89 bits per heavy atom. The molecule has 182 valence electrons. The summed E-state index contributed by atoms with van der Waals surface area (Å²) in [6.45, 7) is 0.489. The number of halogens is 1. The summed E-state index contributed by atoms with van der Waals surface area (Å²) in [5.74, 6) is 1.05. The van der Waals surface area contributed by atoms with E-state index in [1.54, 1.807) is 19.2 Å². The fraction of sp³-hybridized carbons (Fsp3) is 0.259. The number of amides is 1. The van der Waals surface area contributed by atoms with Gasteiger partial charge in [0.2, 0.25) is 11.8 Å². The van der Waals surface area contributed by atoms with E-state index in [1.165, 1.54) is 0 Å². The second-order valence-electron chi connectivity index (χ2n) is 8.20. The Balaban J connectivity index is 1.75. The second kappa shape index (κ2) is 10.9. The molecule has 1 heterocycles. The number of aliphatic hydroxyl groups excluding tert-OH is 1. The number of nitrogens with two attached hydrogens (primary N) is 1. The molecule has 4 rings (SSSR count). The van der Waals surface area contributed by atoms with E-state index in [9.17, 15) is 4.79 Å². The number of aliphatic hydroxyl groups is 1. The first kappa shape index (κ1) is 24.8. The van der Waals surface area contributed by atoms with Crippen molar-refractivity contribution in [3.05, 3.63) is 94.0 Å². The molecule has 0 bridgehead atoms. The van der Waals surface area contributed by atoms with Gasteiger partial charge in [0.25, 0.3) is 0 Å². The van der Waals surface area contributed by atoms with E-state index in [0.29, 0.717) is 36.0 Å². The predicted molar refractivity (Wildman–Crippen MR) is 137 cm³/mol. The van der Waals surface area contributed by atoms with Gasteiger partial charge in [-0.25, -0.2) is 4.99 Å². The Hall–Kier alpha value is -3.36. The quantitative estimate of drug-likeness (QED) is 0.376. The number of methoxy groups -OCH3 is 1. The van der Waals surface area contributed by atoms with E-state index < -0.39 is 17.6 Å². The molecule has 2 atom stereocenters. The third-order valence-electron chi connectivity index (χ3n) is 5.88. The number of hydrogen-bond donors (Lipinski definition) is 2. The zero-order valence-corrected chi connectivity index (χ0v) is 20.9. The first-order valence-corrected chi connectivity index (χ1v) is 12.0. The van der Waals surface area contributed by atoms with Crippen LogP contribution in [0.15, 0.2) is 82.3 Å². The first-order valence-electron chi connectivity index (χ1n) is 11.2. The van der Waals surface area contributed by atoms with Crippen LogP contribution in [0.4, 0.5) is 0 Å². The van der Waals surface area contributed by atoms with Crippen molar-refractivity contribution in [1.82, 2.24) is 0 Å². The van der Waals surface area contributed by atoms with Crippen LogP contribution in [0.3, 0.4) is 0 Å². The zero-order chi connectivity index (χ0) is 24.8. The summed E-state index contributed by atoms with van der Waals surface area (Å²) in [4.78, 5) is 17.9. The number of rotatable bonds is 10. The molecule has 35 heavy (non-hydrogen) atoms. The van der Waals surface area contributed by atoms with E-state index >= 15 is 0 Å². The Morgan fingerprint density at radius 1 is 1.11 bits per heavy atom. The summed E-state index contributed by atoms with van der Waals surface area (Å²) >= 11 is 3.58. The maximum absolute atomic E-state index is 13.1. The number of carbonyl (C=O) groups excluding carboxylic acids is 1. The maximum Gasteiger partial charge on any atom is 0.250 e. The Kier molecular flexibility index (Phi) is 7.73. The van der Waals surface area contributed by atoms with Crippen molar-refractivity contribution >= 4 is 27.7 Å². The summed E-state index contributed by atoms with van der Waals surface area (Å²) in [6.07, 6.45) is 0.0469. The van der Waals surface area contributed by atoms with Gasteiger partial charge in [0.05, 0.1) is 13.7 Å². The molecule has 0 saturated carbocycles. The molecule has 3 aromatic rings. The molecule has 8 heteroatoms. The minimum absolute atomic E-state index is 0.0706. The van der Waals surface area contributed by atoms with Crippen LogP contribution in [0.1, 0.15) is 29.2 Å². The molecule has 0 fully saturated rings. The SMILES string of the molecule is COc1cccc([C@H]2OC(c3ccc(OCCCO)cc3)=N[C@@]2(Cc2ccccc2Br)C(N)=O)c1. The lowest BCUT2D eigenvalue weighted by Crippen LogP contribution is -2.47. The molecule has 1 amide bonds. The van der Waals surface area contributed by atoms with E-state index in [-0.39, 0.29) is 13.0 Å². The summed E-state index contributed by atoms with van der Waals surface area (Å²) in [5, 5.41) is 8.94. The highest BCUT2D eigenvalue weighted by molar-refractivity contribution is 9.10. The maximum atomic E-state index is 13.1. The van der Waals surface area contributed by atoms with Crippen molar-refractivity contribution in [2.45, 2.75) is 24.5 Å². The van der Waals surface area contributed by atoms with Gasteiger partial charge in [-0.05, 0) is 53.6 Å². The third-order valence-corrected chi connectivity index (χ3v) is 6.65. The van der Waals surface area contributed by atoms with E-state index in [1.807, 2.05) is 60.7 Å². The summed E-state index contributed by atoms with van der Waals surface area (Å²) in [7, 11) is 1.59. The fourth-order valence-corrected chi connectivity index (χ4v) is 4.47. The minimum atomic E-state index is -1.37. The molecule has 0 spiro atoms. The van der Waals surface area contributed by atoms with Gasteiger partial charge in [0.1, 0.15) is 11.5 Å². The molecule has 0 aromatic heterocycles. The van der Waals surface area contributed by atoms with Crippen LogP contribution in [-0.2, 0) is 16.0 Å². The average molecular weight is 539 g/mol. The van der Waals surface area contributed by atoms with Crippen LogP contribution < -0.4 is 15.2 Å². The average Bonchev–Trinajstić information content (AvgIpc) is 3.27. The highest BCUT2D eigenvalue weighted by Crippen LogP contribution is 2.43. The molecule has 7 nitrogen and oxygen atoms in total. The van der Waals surface area contributed by atoms with Crippen LogP contribution in [0.25, 0.3) is 0 Å². The van der Waals surface area contributed by atoms with Crippen LogP contribution in [0.2, 0.25) is 0 Å². The van der Waals surface area contributed by atoms with Crippen molar-refractivity contribution < 1.29 is 24.1 Å². The number of hydrogen-bond acceptors (Lipinski definition) is 6. The van der Waals surface area contributed by atoms with Gasteiger partial charge in [-0.3, -0.25) is 4.79 Å². The summed E-state index contributed by atoms with van der Waals surface area (Å²) in [6, 6.07) is 22.3. The van der Waals surface area contributed by atoms with Crippen molar-refractivity contribution in [3.63, 3.8) is 0 Å². The summed E-state index contributed by atoms with van der Waals surface area (Å²) < 4.78 is 18.2. The van der Waals surface area contributed by atoms with Crippen LogP contribution >= 0.6 is 15.9 Å². The minimum Gasteiger partial charge on any atom is -0.497 e. The standard InChI is InChI=1S/C27H27BrN2O5/c1-33-22-8-4-7-19(16-22)24-27(26(29)32,17-20-6-2-3-9-23(20)28)30-25(35-24)18-10-12-21(13-11-18)34-15-5-14-31/h2-4,6-13,16,24,31H,5,14-15,17H2,1H3,(H2,29,32)/t24-,27-/m1/s1. The van der Waals surface area contributed by atoms with Gasteiger partial charge in [0.15, 0.2) is 11.6 Å². The molecule has 0 aliphatic carbocycles. The van der Waals surface area contributed by atoms with Crippen molar-refractivity contribution in [1.29, 1.82) is 0 Å². The van der Waals surface area contributed by atoms with Crippen LogP contribution in [0, 0.1) is 0 Å². The smallest absolute Gasteiger partial charge is 0.250 e. The van der Waals surface area contributed by atoms with Gasteiger partial charge < -0.3 is 25.1 Å². The van der Waals surface area contributed by atoms with Crippen LogP contribution in [0.5, 0.6) is 11.5 Å². The van der Waals surface area contributed by atoms with E-state index in [0.717, 1.165) is 15.6 Å². The van der Waals surface area contributed by atoms with Crippen molar-refractivity contribution in [3.8, 4) is 11.5 Å². The highest BCUT2D eigenvalue weighted by atomic mass is 79.9. The molecule has 0 unspecified atom stereocenters. The lowest BCUT2D eigenvalue weighted by molar-refractivity contribution is -0.125. The third kappa shape index (κ3) is 5.33. The molecule has 3 N–H and O–H groups in total. The van der Waals surface area contributed by atoms with E-state index in [2.05, 4.69) is 15.9 Å². The molecule has 1 aliphatic heterocycles. The monoisotopic (exact) mass is 538 g/mol. The Bertz CT molecular complexity index is 1210. The molecule has 0 radical (unpaired) electrons. The number of carbonyl (C=O) groups is 1. The number of benzene rings is 3. The fourth-order valence-electron chi connectivity index (χ4n) is 4.04. The Morgan fingerprint density at radius 3 is 2.57 bits per heavy atom. The molecule has 3 aromatic carbocycles. The number of nitrogens with zero attached hydrogens (tertiary/aromatic N) is 1. The predicted octanol–water partition coefficient (Wildman–Crippen LogP) is 4.20.